The maximum atomic E-state index is 12.3. The molecule has 0 bridgehead atoms. The number of carbonyl (C=O) groups excluding carboxylic acids is 2. The molecule has 1 N–H and O–H groups in total. The molecule has 2 aromatic carbocycles. The molecule has 0 radical (unpaired) electrons. The lowest BCUT2D eigenvalue weighted by Crippen LogP contribution is -2.19. The SMILES string of the molecule is COc1ccccc1N=C1NC(=O)/C(=C/c2ccc(OC(C)=O)c(OC)c2)S1. The Bertz CT molecular complexity index is 984. The summed E-state index contributed by atoms with van der Waals surface area (Å²) in [5, 5.41) is 3.20. The number of nitrogens with zero attached hydrogens (tertiary/aromatic N) is 1. The number of hydrogen-bond acceptors (Lipinski definition) is 7. The van der Waals surface area contributed by atoms with Gasteiger partial charge in [-0.2, -0.15) is 0 Å². The molecule has 0 aliphatic carbocycles. The molecule has 28 heavy (non-hydrogen) atoms. The summed E-state index contributed by atoms with van der Waals surface area (Å²) >= 11 is 1.22. The van der Waals surface area contributed by atoms with Crippen LogP contribution in [0.15, 0.2) is 52.4 Å². The van der Waals surface area contributed by atoms with E-state index in [1.54, 1.807) is 43.5 Å². The fraction of sp³-hybridized carbons (Fsp3) is 0.150. The van der Waals surface area contributed by atoms with E-state index in [1.807, 2.05) is 12.1 Å². The number of amidine groups is 1. The summed E-state index contributed by atoms with van der Waals surface area (Å²) in [4.78, 5) is 28.4. The minimum atomic E-state index is -0.438. The van der Waals surface area contributed by atoms with E-state index in [2.05, 4.69) is 10.3 Å². The highest BCUT2D eigenvalue weighted by molar-refractivity contribution is 8.18. The summed E-state index contributed by atoms with van der Waals surface area (Å²) < 4.78 is 15.6. The summed E-state index contributed by atoms with van der Waals surface area (Å²) in [6.07, 6.45) is 1.71. The lowest BCUT2D eigenvalue weighted by molar-refractivity contribution is -0.132. The second-order valence-electron chi connectivity index (χ2n) is 5.66. The molecule has 2 aromatic rings. The average Bonchev–Trinajstić information content (AvgIpc) is 3.01. The molecule has 0 aromatic heterocycles. The molecule has 1 aliphatic heterocycles. The van der Waals surface area contributed by atoms with E-state index in [9.17, 15) is 9.59 Å². The Morgan fingerprint density at radius 1 is 1.07 bits per heavy atom. The van der Waals surface area contributed by atoms with Crippen LogP contribution in [-0.2, 0) is 9.59 Å². The van der Waals surface area contributed by atoms with Crippen LogP contribution in [-0.4, -0.2) is 31.3 Å². The molecular weight excluding hydrogens is 380 g/mol. The van der Waals surface area contributed by atoms with Gasteiger partial charge in [-0.05, 0) is 47.7 Å². The van der Waals surface area contributed by atoms with Crippen LogP contribution >= 0.6 is 11.8 Å². The van der Waals surface area contributed by atoms with Crippen molar-refractivity contribution in [3.8, 4) is 17.2 Å². The number of thioether (sulfide) groups is 1. The molecule has 144 valence electrons. The monoisotopic (exact) mass is 398 g/mol. The quantitative estimate of drug-likeness (QED) is 0.471. The molecule has 1 heterocycles. The Hall–Kier alpha value is -3.26. The van der Waals surface area contributed by atoms with Crippen molar-refractivity contribution in [2.75, 3.05) is 14.2 Å². The van der Waals surface area contributed by atoms with Gasteiger partial charge in [0.2, 0.25) is 0 Å². The highest BCUT2D eigenvalue weighted by Gasteiger charge is 2.24. The van der Waals surface area contributed by atoms with E-state index >= 15 is 0 Å². The zero-order valence-electron chi connectivity index (χ0n) is 15.5. The molecule has 0 unspecified atom stereocenters. The fourth-order valence-corrected chi connectivity index (χ4v) is 3.31. The number of hydrogen-bond donors (Lipinski definition) is 1. The van der Waals surface area contributed by atoms with Crippen LogP contribution in [0, 0.1) is 0 Å². The number of carbonyl (C=O) groups is 2. The average molecular weight is 398 g/mol. The van der Waals surface area contributed by atoms with Crippen molar-refractivity contribution in [3.63, 3.8) is 0 Å². The van der Waals surface area contributed by atoms with Gasteiger partial charge in [0, 0.05) is 6.92 Å². The van der Waals surface area contributed by atoms with E-state index in [4.69, 9.17) is 14.2 Å². The summed E-state index contributed by atoms with van der Waals surface area (Å²) in [7, 11) is 3.05. The van der Waals surface area contributed by atoms with Crippen molar-refractivity contribution in [2.45, 2.75) is 6.92 Å². The van der Waals surface area contributed by atoms with E-state index in [0.29, 0.717) is 33.0 Å². The van der Waals surface area contributed by atoms with Gasteiger partial charge in [0.05, 0.1) is 19.1 Å². The van der Waals surface area contributed by atoms with Gasteiger partial charge in [0.15, 0.2) is 16.7 Å². The van der Waals surface area contributed by atoms with Gasteiger partial charge < -0.3 is 19.5 Å². The molecule has 0 atom stereocenters. The van der Waals surface area contributed by atoms with E-state index < -0.39 is 5.97 Å². The lowest BCUT2D eigenvalue weighted by atomic mass is 10.2. The van der Waals surface area contributed by atoms with Crippen molar-refractivity contribution in [1.29, 1.82) is 0 Å². The third-order valence-corrected chi connectivity index (χ3v) is 4.61. The summed E-state index contributed by atoms with van der Waals surface area (Å²) in [5.41, 5.74) is 1.35. The van der Waals surface area contributed by atoms with Crippen molar-refractivity contribution in [2.24, 2.45) is 4.99 Å². The van der Waals surface area contributed by atoms with Gasteiger partial charge in [0.1, 0.15) is 11.4 Å². The molecule has 3 rings (SSSR count). The Kier molecular flexibility index (Phi) is 6.00. The van der Waals surface area contributed by atoms with Crippen molar-refractivity contribution < 1.29 is 23.8 Å². The molecule has 8 heteroatoms. The smallest absolute Gasteiger partial charge is 0.308 e. The zero-order valence-corrected chi connectivity index (χ0v) is 16.3. The number of rotatable bonds is 5. The summed E-state index contributed by atoms with van der Waals surface area (Å²) in [6.45, 7) is 1.32. The summed E-state index contributed by atoms with van der Waals surface area (Å²) in [5.74, 6) is 0.650. The molecule has 1 amide bonds. The Morgan fingerprint density at radius 2 is 1.82 bits per heavy atom. The Labute approximate surface area is 166 Å². The number of methoxy groups -OCH3 is 2. The fourth-order valence-electron chi connectivity index (χ4n) is 2.48. The van der Waals surface area contributed by atoms with Gasteiger partial charge in [-0.1, -0.05) is 18.2 Å². The van der Waals surface area contributed by atoms with Gasteiger partial charge in [-0.15, -0.1) is 0 Å². The third kappa shape index (κ3) is 4.52. The first-order chi connectivity index (χ1) is 13.5. The lowest BCUT2D eigenvalue weighted by Gasteiger charge is -2.08. The minimum absolute atomic E-state index is 0.248. The maximum absolute atomic E-state index is 12.3. The molecule has 0 saturated carbocycles. The normalized spacial score (nSPS) is 16.2. The second kappa shape index (κ2) is 8.62. The predicted octanol–water partition coefficient (Wildman–Crippen LogP) is 3.52. The Balaban J connectivity index is 1.84. The van der Waals surface area contributed by atoms with E-state index in [0.717, 1.165) is 5.56 Å². The minimum Gasteiger partial charge on any atom is -0.494 e. The maximum Gasteiger partial charge on any atom is 0.308 e. The van der Waals surface area contributed by atoms with E-state index in [-0.39, 0.29) is 5.91 Å². The van der Waals surface area contributed by atoms with Crippen LogP contribution in [0.25, 0.3) is 6.08 Å². The molecule has 7 nitrogen and oxygen atoms in total. The van der Waals surface area contributed by atoms with Gasteiger partial charge in [-0.3, -0.25) is 9.59 Å². The van der Waals surface area contributed by atoms with Crippen LogP contribution in [0.3, 0.4) is 0 Å². The molecular formula is C20H18N2O5S. The molecule has 1 saturated heterocycles. The van der Waals surface area contributed by atoms with Crippen LogP contribution in [0.1, 0.15) is 12.5 Å². The number of para-hydroxylation sites is 2. The third-order valence-electron chi connectivity index (χ3n) is 3.70. The van der Waals surface area contributed by atoms with Crippen LogP contribution < -0.4 is 19.5 Å². The van der Waals surface area contributed by atoms with Crippen LogP contribution in [0.5, 0.6) is 17.2 Å². The molecule has 0 spiro atoms. The van der Waals surface area contributed by atoms with Crippen LogP contribution in [0.2, 0.25) is 0 Å². The predicted molar refractivity (Wildman–Crippen MR) is 108 cm³/mol. The molecule has 1 fully saturated rings. The summed E-state index contributed by atoms with van der Waals surface area (Å²) in [6, 6.07) is 12.3. The zero-order chi connectivity index (χ0) is 20.1. The first-order valence-electron chi connectivity index (χ1n) is 8.29. The number of nitrogens with one attached hydrogen (secondary N) is 1. The van der Waals surface area contributed by atoms with Crippen molar-refractivity contribution in [3.05, 3.63) is 52.9 Å². The van der Waals surface area contributed by atoms with E-state index in [1.165, 1.54) is 25.8 Å². The number of ether oxygens (including phenoxy) is 3. The first kappa shape index (κ1) is 19.5. The largest absolute Gasteiger partial charge is 0.494 e. The standard InChI is InChI=1S/C20H18N2O5S/c1-12(23)27-16-9-8-13(10-17(16)26-3)11-18-19(24)22-20(28-18)21-14-6-4-5-7-15(14)25-2/h4-11H,1-3H3,(H,21,22,24)/b18-11-. The van der Waals surface area contributed by atoms with Crippen molar-refractivity contribution >= 4 is 40.6 Å². The second-order valence-corrected chi connectivity index (χ2v) is 6.69. The van der Waals surface area contributed by atoms with Gasteiger partial charge in [0.25, 0.3) is 5.91 Å². The highest BCUT2D eigenvalue weighted by Crippen LogP contribution is 2.33. The van der Waals surface area contributed by atoms with Gasteiger partial charge in [-0.25, -0.2) is 4.99 Å². The number of aliphatic imine (C=N–C) groups is 1. The first-order valence-corrected chi connectivity index (χ1v) is 9.11. The topological polar surface area (TPSA) is 86.2 Å². The highest BCUT2D eigenvalue weighted by atomic mass is 32.2. The number of esters is 1. The van der Waals surface area contributed by atoms with Crippen LogP contribution in [0.4, 0.5) is 5.69 Å². The van der Waals surface area contributed by atoms with Crippen molar-refractivity contribution in [1.82, 2.24) is 5.32 Å². The number of amides is 1. The van der Waals surface area contributed by atoms with Gasteiger partial charge >= 0.3 is 5.97 Å². The number of benzene rings is 2. The Morgan fingerprint density at radius 3 is 2.54 bits per heavy atom. The molecule has 1 aliphatic rings.